The summed E-state index contributed by atoms with van der Waals surface area (Å²) in [6, 6.07) is 0.241. The second-order valence-electron chi connectivity index (χ2n) is 6.66. The zero-order chi connectivity index (χ0) is 14.1. The van der Waals surface area contributed by atoms with Crippen LogP contribution >= 0.6 is 0 Å². The third-order valence-electron chi connectivity index (χ3n) is 5.76. The highest BCUT2D eigenvalue weighted by molar-refractivity contribution is 5.04. The number of hydrazine groups is 1. The van der Waals surface area contributed by atoms with Crippen LogP contribution in [0, 0.1) is 5.92 Å². The van der Waals surface area contributed by atoms with E-state index < -0.39 is 0 Å². The molecule has 0 radical (unpaired) electrons. The second-order valence-corrected chi connectivity index (χ2v) is 6.66. The van der Waals surface area contributed by atoms with Gasteiger partial charge in [-0.15, -0.1) is 0 Å². The zero-order valence-electron chi connectivity index (χ0n) is 12.5. The SMILES string of the molecule is COC1(C(NN)C2CCOC3(CCOCC3)C2)CCC1. The topological polar surface area (TPSA) is 65.7 Å². The Hall–Kier alpha value is -0.200. The van der Waals surface area contributed by atoms with E-state index in [2.05, 4.69) is 5.43 Å². The van der Waals surface area contributed by atoms with Crippen LogP contribution in [0.3, 0.4) is 0 Å². The van der Waals surface area contributed by atoms with Crippen LogP contribution in [0.1, 0.15) is 44.9 Å². The predicted octanol–water partition coefficient (Wildman–Crippen LogP) is 1.36. The van der Waals surface area contributed by atoms with Crippen molar-refractivity contribution in [3.8, 4) is 0 Å². The molecule has 0 aromatic rings. The van der Waals surface area contributed by atoms with Crippen LogP contribution in [0.15, 0.2) is 0 Å². The van der Waals surface area contributed by atoms with Gasteiger partial charge in [0.2, 0.25) is 0 Å². The number of nitrogens with one attached hydrogen (secondary N) is 1. The van der Waals surface area contributed by atoms with Crippen LogP contribution in [0.4, 0.5) is 0 Å². The molecular formula is C15H28N2O3. The summed E-state index contributed by atoms with van der Waals surface area (Å²) in [5.74, 6) is 6.43. The fourth-order valence-corrected chi connectivity index (χ4v) is 4.33. The van der Waals surface area contributed by atoms with Gasteiger partial charge in [-0.25, -0.2) is 0 Å². The summed E-state index contributed by atoms with van der Waals surface area (Å²) in [6.45, 7) is 2.48. The van der Waals surface area contributed by atoms with Gasteiger partial charge in [0.15, 0.2) is 0 Å². The quantitative estimate of drug-likeness (QED) is 0.603. The Bertz CT molecular complexity index is 316. The van der Waals surface area contributed by atoms with Gasteiger partial charge in [-0.2, -0.15) is 0 Å². The first kappa shape index (κ1) is 14.7. The molecular weight excluding hydrogens is 256 g/mol. The number of rotatable bonds is 4. The van der Waals surface area contributed by atoms with Crippen LogP contribution in [0.5, 0.6) is 0 Å². The maximum absolute atomic E-state index is 6.14. The van der Waals surface area contributed by atoms with Gasteiger partial charge >= 0.3 is 0 Å². The minimum absolute atomic E-state index is 0.0228. The van der Waals surface area contributed by atoms with E-state index in [1.165, 1.54) is 6.42 Å². The minimum atomic E-state index is -0.0525. The number of hydrogen-bond donors (Lipinski definition) is 2. The minimum Gasteiger partial charge on any atom is -0.381 e. The molecule has 3 aliphatic rings. The summed E-state index contributed by atoms with van der Waals surface area (Å²) in [7, 11) is 1.83. The Balaban J connectivity index is 1.71. The number of ether oxygens (including phenoxy) is 3. The summed E-state index contributed by atoms with van der Waals surface area (Å²) >= 11 is 0. The molecule has 0 aromatic carbocycles. The molecule has 2 atom stereocenters. The van der Waals surface area contributed by atoms with Crippen LogP contribution in [0.2, 0.25) is 0 Å². The van der Waals surface area contributed by atoms with E-state index in [1.54, 1.807) is 0 Å². The Morgan fingerprint density at radius 1 is 1.20 bits per heavy atom. The first-order chi connectivity index (χ1) is 9.74. The normalized spacial score (nSPS) is 33.6. The Kier molecular flexibility index (Phi) is 4.34. The largest absolute Gasteiger partial charge is 0.381 e. The molecule has 3 fully saturated rings. The van der Waals surface area contributed by atoms with Crippen molar-refractivity contribution in [3.05, 3.63) is 0 Å². The first-order valence-corrected chi connectivity index (χ1v) is 7.97. The number of hydrogen-bond acceptors (Lipinski definition) is 5. The summed E-state index contributed by atoms with van der Waals surface area (Å²) < 4.78 is 17.5. The Morgan fingerprint density at radius 2 is 1.95 bits per heavy atom. The maximum Gasteiger partial charge on any atom is 0.0847 e. The van der Waals surface area contributed by atoms with Crippen molar-refractivity contribution < 1.29 is 14.2 Å². The Labute approximate surface area is 121 Å². The average Bonchev–Trinajstić information content (AvgIpc) is 2.43. The van der Waals surface area contributed by atoms with Gasteiger partial charge in [-0.1, -0.05) is 0 Å². The van der Waals surface area contributed by atoms with E-state index in [9.17, 15) is 0 Å². The van der Waals surface area contributed by atoms with Crippen molar-refractivity contribution in [3.63, 3.8) is 0 Å². The van der Waals surface area contributed by atoms with Crippen molar-refractivity contribution in [2.24, 2.45) is 11.8 Å². The van der Waals surface area contributed by atoms with Crippen LogP contribution < -0.4 is 11.3 Å². The van der Waals surface area contributed by atoms with Crippen molar-refractivity contribution in [2.75, 3.05) is 26.9 Å². The van der Waals surface area contributed by atoms with Crippen LogP contribution in [-0.2, 0) is 14.2 Å². The van der Waals surface area contributed by atoms with Crippen molar-refractivity contribution in [1.29, 1.82) is 0 Å². The lowest BCUT2D eigenvalue weighted by atomic mass is 9.66. The van der Waals surface area contributed by atoms with Crippen molar-refractivity contribution >= 4 is 0 Å². The third-order valence-corrected chi connectivity index (χ3v) is 5.76. The fraction of sp³-hybridized carbons (Fsp3) is 1.00. The maximum atomic E-state index is 6.14. The summed E-state index contributed by atoms with van der Waals surface area (Å²) in [4.78, 5) is 0. The summed E-state index contributed by atoms with van der Waals surface area (Å²) in [6.07, 6.45) is 7.66. The van der Waals surface area contributed by atoms with Gasteiger partial charge < -0.3 is 14.2 Å². The van der Waals surface area contributed by atoms with Gasteiger partial charge in [0, 0.05) is 26.9 Å². The highest BCUT2D eigenvalue weighted by Crippen LogP contribution is 2.45. The van der Waals surface area contributed by atoms with Crippen molar-refractivity contribution in [1.82, 2.24) is 5.43 Å². The molecule has 2 aliphatic heterocycles. The molecule has 5 heteroatoms. The Morgan fingerprint density at radius 3 is 2.50 bits per heavy atom. The first-order valence-electron chi connectivity index (χ1n) is 7.97. The van der Waals surface area contributed by atoms with E-state index in [-0.39, 0.29) is 17.2 Å². The lowest BCUT2D eigenvalue weighted by Crippen LogP contribution is -2.63. The second kappa shape index (κ2) is 5.89. The molecule has 0 bridgehead atoms. The van der Waals surface area contributed by atoms with Gasteiger partial charge in [0.1, 0.15) is 0 Å². The summed E-state index contributed by atoms with van der Waals surface area (Å²) in [5.41, 5.74) is 3.05. The molecule has 1 spiro atoms. The molecule has 3 rings (SSSR count). The van der Waals surface area contributed by atoms with Gasteiger partial charge in [0.25, 0.3) is 0 Å². The van der Waals surface area contributed by atoms with Gasteiger partial charge in [-0.3, -0.25) is 11.3 Å². The third kappa shape index (κ3) is 2.50. The summed E-state index contributed by atoms with van der Waals surface area (Å²) in [5, 5.41) is 0. The molecule has 20 heavy (non-hydrogen) atoms. The lowest BCUT2D eigenvalue weighted by molar-refractivity contribution is -0.172. The highest BCUT2D eigenvalue weighted by atomic mass is 16.5. The monoisotopic (exact) mass is 284 g/mol. The molecule has 3 N–H and O–H groups in total. The molecule has 0 amide bonds. The van der Waals surface area contributed by atoms with E-state index in [0.29, 0.717) is 5.92 Å². The van der Waals surface area contributed by atoms with Crippen LogP contribution in [-0.4, -0.2) is 44.2 Å². The lowest BCUT2D eigenvalue weighted by Gasteiger charge is -2.52. The predicted molar refractivity (Wildman–Crippen MR) is 76.2 cm³/mol. The number of nitrogens with two attached hydrogens (primary N) is 1. The molecule has 2 saturated heterocycles. The van der Waals surface area contributed by atoms with Gasteiger partial charge in [-0.05, 0) is 50.9 Å². The van der Waals surface area contributed by atoms with Crippen molar-refractivity contribution in [2.45, 2.75) is 62.2 Å². The standard InChI is InChI=1S/C15H28N2O3/c1-18-15(4-2-5-15)13(17-16)12-3-8-20-14(11-12)6-9-19-10-7-14/h12-13,17H,2-11,16H2,1H3. The van der Waals surface area contributed by atoms with E-state index in [0.717, 1.165) is 58.3 Å². The smallest absolute Gasteiger partial charge is 0.0847 e. The van der Waals surface area contributed by atoms with E-state index in [4.69, 9.17) is 20.1 Å². The van der Waals surface area contributed by atoms with E-state index >= 15 is 0 Å². The number of methoxy groups -OCH3 is 1. The van der Waals surface area contributed by atoms with Crippen LogP contribution in [0.25, 0.3) is 0 Å². The molecule has 2 unspecified atom stereocenters. The molecule has 1 aliphatic carbocycles. The average molecular weight is 284 g/mol. The fourth-order valence-electron chi connectivity index (χ4n) is 4.33. The molecule has 5 nitrogen and oxygen atoms in total. The molecule has 116 valence electrons. The molecule has 0 aromatic heterocycles. The molecule has 1 saturated carbocycles. The van der Waals surface area contributed by atoms with Gasteiger partial charge in [0.05, 0.1) is 17.2 Å². The highest BCUT2D eigenvalue weighted by Gasteiger charge is 2.50. The zero-order valence-corrected chi connectivity index (χ0v) is 12.5. The molecule has 2 heterocycles. The van der Waals surface area contributed by atoms with E-state index in [1.807, 2.05) is 7.11 Å².